The van der Waals surface area contributed by atoms with E-state index >= 15 is 0 Å². The van der Waals surface area contributed by atoms with Crippen LogP contribution in [0.25, 0.3) is 22.6 Å². The van der Waals surface area contributed by atoms with Crippen molar-refractivity contribution in [1.29, 1.82) is 0 Å². The van der Waals surface area contributed by atoms with Gasteiger partial charge in [0.15, 0.2) is 0 Å². The first-order valence-electron chi connectivity index (χ1n) is 8.00. The highest BCUT2D eigenvalue weighted by Crippen LogP contribution is 2.23. The molecule has 1 aromatic heterocycles. The number of nitrogens with zero attached hydrogens (tertiary/aromatic N) is 2. The van der Waals surface area contributed by atoms with Gasteiger partial charge in [-0.2, -0.15) is 0 Å². The topological polar surface area (TPSA) is 38.9 Å². The SMILES string of the molecule is Clc1cccc(-c2nnc(Cc3ccc(-c4ccccc4)cc3)o2)c1. The zero-order valence-electron chi connectivity index (χ0n) is 13.4. The smallest absolute Gasteiger partial charge is 0.247 e. The first-order chi connectivity index (χ1) is 12.3. The molecule has 0 amide bonds. The van der Waals surface area contributed by atoms with Crippen LogP contribution in [-0.2, 0) is 6.42 Å². The predicted molar refractivity (Wildman–Crippen MR) is 99.4 cm³/mol. The number of aromatic nitrogens is 2. The van der Waals surface area contributed by atoms with E-state index in [4.69, 9.17) is 16.0 Å². The second-order valence-corrected chi connectivity index (χ2v) is 6.19. The third kappa shape index (κ3) is 3.62. The summed E-state index contributed by atoms with van der Waals surface area (Å²) in [5.74, 6) is 1.07. The Labute approximate surface area is 150 Å². The van der Waals surface area contributed by atoms with Crippen LogP contribution in [0.1, 0.15) is 11.5 Å². The Morgan fingerprint density at radius 1 is 0.720 bits per heavy atom. The number of rotatable bonds is 4. The molecule has 4 heteroatoms. The molecule has 0 aliphatic heterocycles. The molecule has 4 aromatic rings. The highest BCUT2D eigenvalue weighted by Gasteiger charge is 2.09. The molecule has 0 fully saturated rings. The second-order valence-electron chi connectivity index (χ2n) is 5.75. The van der Waals surface area contributed by atoms with Crippen LogP contribution in [0.5, 0.6) is 0 Å². The summed E-state index contributed by atoms with van der Waals surface area (Å²) in [4.78, 5) is 0. The molecular weight excluding hydrogens is 332 g/mol. The monoisotopic (exact) mass is 346 g/mol. The molecule has 0 spiro atoms. The Balaban J connectivity index is 1.51. The predicted octanol–water partition coefficient (Wildman–Crippen LogP) is 5.65. The van der Waals surface area contributed by atoms with Gasteiger partial charge in [-0.15, -0.1) is 10.2 Å². The van der Waals surface area contributed by atoms with Gasteiger partial charge in [0.2, 0.25) is 11.8 Å². The molecular formula is C21H15ClN2O. The quantitative estimate of drug-likeness (QED) is 0.479. The van der Waals surface area contributed by atoms with Crippen molar-refractivity contribution in [2.75, 3.05) is 0 Å². The fraction of sp³-hybridized carbons (Fsp3) is 0.0476. The molecule has 0 unspecified atom stereocenters. The number of halogens is 1. The van der Waals surface area contributed by atoms with Crippen molar-refractivity contribution >= 4 is 11.6 Å². The standard InChI is InChI=1S/C21H15ClN2O/c22-19-8-4-7-18(14-19)21-24-23-20(25-21)13-15-9-11-17(12-10-15)16-5-2-1-3-6-16/h1-12,14H,13H2. The van der Waals surface area contributed by atoms with Crippen molar-refractivity contribution in [3.63, 3.8) is 0 Å². The van der Waals surface area contributed by atoms with Gasteiger partial charge in [0.05, 0.1) is 6.42 Å². The lowest BCUT2D eigenvalue weighted by Crippen LogP contribution is -1.88. The minimum atomic E-state index is 0.485. The third-order valence-corrected chi connectivity index (χ3v) is 4.19. The Bertz CT molecular complexity index is 978. The Hall–Kier alpha value is -2.91. The van der Waals surface area contributed by atoms with Crippen molar-refractivity contribution in [2.24, 2.45) is 0 Å². The summed E-state index contributed by atoms with van der Waals surface area (Å²) in [5, 5.41) is 8.90. The van der Waals surface area contributed by atoms with Crippen LogP contribution in [0.3, 0.4) is 0 Å². The normalized spacial score (nSPS) is 10.8. The molecule has 0 atom stereocenters. The summed E-state index contributed by atoms with van der Waals surface area (Å²) in [7, 11) is 0. The molecule has 25 heavy (non-hydrogen) atoms. The largest absolute Gasteiger partial charge is 0.420 e. The van der Waals surface area contributed by atoms with E-state index in [1.54, 1.807) is 0 Å². The van der Waals surface area contributed by atoms with E-state index < -0.39 is 0 Å². The summed E-state index contributed by atoms with van der Waals surface area (Å²) < 4.78 is 5.76. The molecule has 1 heterocycles. The highest BCUT2D eigenvalue weighted by atomic mass is 35.5. The van der Waals surface area contributed by atoms with Gasteiger partial charge in [-0.1, -0.05) is 72.3 Å². The Kier molecular flexibility index (Phi) is 4.32. The number of benzene rings is 3. The van der Waals surface area contributed by atoms with Crippen LogP contribution in [0.15, 0.2) is 83.3 Å². The van der Waals surface area contributed by atoms with E-state index in [1.165, 1.54) is 11.1 Å². The van der Waals surface area contributed by atoms with E-state index in [2.05, 4.69) is 46.6 Å². The summed E-state index contributed by atoms with van der Waals surface area (Å²) in [6, 6.07) is 26.1. The van der Waals surface area contributed by atoms with Crippen molar-refractivity contribution < 1.29 is 4.42 Å². The molecule has 0 bridgehead atoms. The van der Waals surface area contributed by atoms with Crippen molar-refractivity contribution in [3.8, 4) is 22.6 Å². The molecule has 3 aromatic carbocycles. The minimum Gasteiger partial charge on any atom is -0.420 e. The van der Waals surface area contributed by atoms with Gasteiger partial charge in [0.25, 0.3) is 0 Å². The van der Waals surface area contributed by atoms with Crippen LogP contribution in [-0.4, -0.2) is 10.2 Å². The fourth-order valence-corrected chi connectivity index (χ4v) is 2.87. The van der Waals surface area contributed by atoms with E-state index in [9.17, 15) is 0 Å². The Morgan fingerprint density at radius 3 is 2.20 bits per heavy atom. The summed E-state index contributed by atoms with van der Waals surface area (Å²) in [6.45, 7) is 0. The van der Waals surface area contributed by atoms with E-state index in [0.717, 1.165) is 11.1 Å². The average Bonchev–Trinajstić information content (AvgIpc) is 3.12. The van der Waals surface area contributed by atoms with E-state index in [1.807, 2.05) is 42.5 Å². The third-order valence-electron chi connectivity index (χ3n) is 3.95. The van der Waals surface area contributed by atoms with Crippen molar-refractivity contribution in [1.82, 2.24) is 10.2 Å². The number of hydrogen-bond donors (Lipinski definition) is 0. The lowest BCUT2D eigenvalue weighted by atomic mass is 10.0. The fourth-order valence-electron chi connectivity index (χ4n) is 2.68. The van der Waals surface area contributed by atoms with Crippen molar-refractivity contribution in [3.05, 3.63) is 95.3 Å². The first-order valence-corrected chi connectivity index (χ1v) is 8.38. The maximum absolute atomic E-state index is 6.01. The molecule has 0 saturated heterocycles. The lowest BCUT2D eigenvalue weighted by Gasteiger charge is -2.03. The maximum atomic E-state index is 6.01. The van der Waals surface area contributed by atoms with E-state index in [0.29, 0.717) is 23.2 Å². The summed E-state index contributed by atoms with van der Waals surface area (Å²) >= 11 is 6.01. The Morgan fingerprint density at radius 2 is 1.44 bits per heavy atom. The van der Waals surface area contributed by atoms with Gasteiger partial charge in [0, 0.05) is 10.6 Å². The van der Waals surface area contributed by atoms with Gasteiger partial charge in [-0.3, -0.25) is 0 Å². The van der Waals surface area contributed by atoms with Crippen LogP contribution in [0.4, 0.5) is 0 Å². The van der Waals surface area contributed by atoms with Crippen LogP contribution < -0.4 is 0 Å². The molecule has 0 aliphatic rings. The molecule has 0 N–H and O–H groups in total. The zero-order chi connectivity index (χ0) is 17.1. The molecule has 0 radical (unpaired) electrons. The average molecular weight is 347 g/mol. The molecule has 122 valence electrons. The second kappa shape index (κ2) is 6.91. The summed E-state index contributed by atoms with van der Waals surface area (Å²) in [6.07, 6.45) is 0.600. The van der Waals surface area contributed by atoms with Gasteiger partial charge in [-0.05, 0) is 34.9 Å². The van der Waals surface area contributed by atoms with Gasteiger partial charge < -0.3 is 4.42 Å². The first kappa shape index (κ1) is 15.6. The van der Waals surface area contributed by atoms with Crippen LogP contribution in [0.2, 0.25) is 5.02 Å². The van der Waals surface area contributed by atoms with Gasteiger partial charge in [0.1, 0.15) is 0 Å². The summed E-state index contributed by atoms with van der Waals surface area (Å²) in [5.41, 5.74) is 4.34. The highest BCUT2D eigenvalue weighted by molar-refractivity contribution is 6.30. The minimum absolute atomic E-state index is 0.485. The van der Waals surface area contributed by atoms with Crippen LogP contribution in [0, 0.1) is 0 Å². The zero-order valence-corrected chi connectivity index (χ0v) is 14.1. The molecule has 0 saturated carbocycles. The van der Waals surface area contributed by atoms with Crippen LogP contribution >= 0.6 is 11.6 Å². The molecule has 3 nitrogen and oxygen atoms in total. The molecule has 0 aliphatic carbocycles. The van der Waals surface area contributed by atoms with Gasteiger partial charge in [-0.25, -0.2) is 0 Å². The number of hydrogen-bond acceptors (Lipinski definition) is 3. The lowest BCUT2D eigenvalue weighted by molar-refractivity contribution is 0.518. The molecule has 4 rings (SSSR count). The van der Waals surface area contributed by atoms with Gasteiger partial charge >= 0.3 is 0 Å². The van der Waals surface area contributed by atoms with E-state index in [-0.39, 0.29) is 0 Å². The maximum Gasteiger partial charge on any atom is 0.247 e. The van der Waals surface area contributed by atoms with Crippen molar-refractivity contribution in [2.45, 2.75) is 6.42 Å².